The molecular weight excluding hydrogens is 273 g/mol. The first kappa shape index (κ1) is 11.9. The minimum Gasteiger partial charge on any atom is -0.506 e. The largest absolute Gasteiger partial charge is 0.506 e. The summed E-state index contributed by atoms with van der Waals surface area (Å²) in [4.78, 5) is 0. The summed E-state index contributed by atoms with van der Waals surface area (Å²) in [5.74, 6) is -0.291. The van der Waals surface area contributed by atoms with Crippen LogP contribution in [-0.4, -0.2) is 5.11 Å². The minimum atomic E-state index is -0.576. The Morgan fingerprint density at radius 3 is 2.50 bits per heavy atom. The Kier molecular flexibility index (Phi) is 3.22. The lowest BCUT2D eigenvalue weighted by Crippen LogP contribution is -2.38. The number of aromatic hydroxyl groups is 1. The standard InChI is InChI=1S/C12H15BrFNO/c13-10-7-8(14)6-9(11(10)16)12(15)4-2-1-3-5-12/h6-7,16H,1-5,15H2. The average molecular weight is 288 g/mol. The molecule has 88 valence electrons. The molecule has 1 aromatic rings. The van der Waals surface area contributed by atoms with Gasteiger partial charge in [-0.2, -0.15) is 0 Å². The molecule has 0 bridgehead atoms. The van der Waals surface area contributed by atoms with E-state index in [0.29, 0.717) is 10.0 Å². The molecule has 1 aromatic carbocycles. The summed E-state index contributed by atoms with van der Waals surface area (Å²) in [6, 6.07) is 2.61. The fraction of sp³-hybridized carbons (Fsp3) is 0.500. The maximum Gasteiger partial charge on any atom is 0.135 e. The Morgan fingerprint density at radius 1 is 1.25 bits per heavy atom. The van der Waals surface area contributed by atoms with E-state index < -0.39 is 5.54 Å². The summed E-state index contributed by atoms with van der Waals surface area (Å²) in [5, 5.41) is 9.95. The molecule has 3 N–H and O–H groups in total. The molecule has 0 aliphatic heterocycles. The van der Waals surface area contributed by atoms with Crippen molar-refractivity contribution in [1.82, 2.24) is 0 Å². The summed E-state index contributed by atoms with van der Waals surface area (Å²) in [7, 11) is 0. The van der Waals surface area contributed by atoms with Gasteiger partial charge in [-0.3, -0.25) is 0 Å². The van der Waals surface area contributed by atoms with E-state index in [1.165, 1.54) is 12.1 Å². The SMILES string of the molecule is NC1(c2cc(F)cc(Br)c2O)CCCCC1. The van der Waals surface area contributed by atoms with Gasteiger partial charge in [0.05, 0.1) is 4.47 Å². The van der Waals surface area contributed by atoms with Crippen LogP contribution in [0.25, 0.3) is 0 Å². The first-order valence-corrected chi connectivity index (χ1v) is 6.30. The third-order valence-corrected chi connectivity index (χ3v) is 3.91. The number of phenolic OH excluding ortho intramolecular Hbond substituents is 1. The Balaban J connectivity index is 2.45. The van der Waals surface area contributed by atoms with Gasteiger partial charge in [0.1, 0.15) is 11.6 Å². The van der Waals surface area contributed by atoms with Crippen LogP contribution >= 0.6 is 15.9 Å². The Labute approximate surface area is 103 Å². The van der Waals surface area contributed by atoms with Crippen molar-refractivity contribution in [3.63, 3.8) is 0 Å². The molecule has 1 aliphatic rings. The lowest BCUT2D eigenvalue weighted by atomic mass is 9.77. The van der Waals surface area contributed by atoms with Crippen LogP contribution in [0.15, 0.2) is 16.6 Å². The van der Waals surface area contributed by atoms with Gasteiger partial charge in [0, 0.05) is 11.1 Å². The quantitative estimate of drug-likeness (QED) is 0.831. The van der Waals surface area contributed by atoms with Gasteiger partial charge in [0.15, 0.2) is 0 Å². The third-order valence-electron chi connectivity index (χ3n) is 3.31. The number of hydrogen-bond donors (Lipinski definition) is 2. The lowest BCUT2D eigenvalue weighted by Gasteiger charge is -2.34. The fourth-order valence-corrected chi connectivity index (χ4v) is 2.83. The van der Waals surface area contributed by atoms with Crippen molar-refractivity contribution in [3.8, 4) is 5.75 Å². The lowest BCUT2D eigenvalue weighted by molar-refractivity contribution is 0.290. The van der Waals surface area contributed by atoms with Gasteiger partial charge in [0.25, 0.3) is 0 Å². The fourth-order valence-electron chi connectivity index (χ4n) is 2.40. The van der Waals surface area contributed by atoms with Crippen LogP contribution in [0.1, 0.15) is 37.7 Å². The van der Waals surface area contributed by atoms with E-state index in [-0.39, 0.29) is 11.6 Å². The number of halogens is 2. The zero-order valence-corrected chi connectivity index (χ0v) is 10.6. The van der Waals surface area contributed by atoms with E-state index in [4.69, 9.17) is 5.73 Å². The summed E-state index contributed by atoms with van der Waals surface area (Å²) >= 11 is 3.14. The van der Waals surface area contributed by atoms with Crippen molar-refractivity contribution in [3.05, 3.63) is 28.0 Å². The van der Waals surface area contributed by atoms with Gasteiger partial charge in [0.2, 0.25) is 0 Å². The van der Waals surface area contributed by atoms with Crippen molar-refractivity contribution >= 4 is 15.9 Å². The van der Waals surface area contributed by atoms with E-state index in [9.17, 15) is 9.50 Å². The van der Waals surface area contributed by atoms with Crippen LogP contribution in [0.3, 0.4) is 0 Å². The molecule has 1 aliphatic carbocycles. The molecular formula is C12H15BrFNO. The molecule has 16 heavy (non-hydrogen) atoms. The van der Waals surface area contributed by atoms with Crippen molar-refractivity contribution in [2.75, 3.05) is 0 Å². The molecule has 2 nitrogen and oxygen atoms in total. The summed E-state index contributed by atoms with van der Waals surface area (Å²) in [6.07, 6.45) is 4.83. The van der Waals surface area contributed by atoms with Gasteiger partial charge in [-0.05, 0) is 40.9 Å². The van der Waals surface area contributed by atoms with Gasteiger partial charge >= 0.3 is 0 Å². The topological polar surface area (TPSA) is 46.2 Å². The second-order valence-electron chi connectivity index (χ2n) is 4.50. The maximum absolute atomic E-state index is 13.3. The van der Waals surface area contributed by atoms with Crippen molar-refractivity contribution < 1.29 is 9.50 Å². The van der Waals surface area contributed by atoms with Gasteiger partial charge in [-0.1, -0.05) is 19.3 Å². The van der Waals surface area contributed by atoms with E-state index in [1.54, 1.807) is 0 Å². The predicted octanol–water partition coefficient (Wildman–Crippen LogP) is 3.41. The zero-order valence-electron chi connectivity index (χ0n) is 8.97. The molecule has 1 fully saturated rings. The normalized spacial score (nSPS) is 19.7. The highest BCUT2D eigenvalue weighted by molar-refractivity contribution is 9.10. The molecule has 0 radical (unpaired) electrons. The van der Waals surface area contributed by atoms with Crippen LogP contribution in [0.2, 0.25) is 0 Å². The molecule has 0 unspecified atom stereocenters. The molecule has 0 saturated heterocycles. The average Bonchev–Trinajstić information content (AvgIpc) is 2.24. The summed E-state index contributed by atoms with van der Waals surface area (Å²) < 4.78 is 13.7. The Morgan fingerprint density at radius 2 is 1.88 bits per heavy atom. The second-order valence-corrected chi connectivity index (χ2v) is 5.35. The van der Waals surface area contributed by atoms with E-state index in [1.807, 2.05) is 0 Å². The van der Waals surface area contributed by atoms with E-state index in [2.05, 4.69) is 15.9 Å². The highest BCUT2D eigenvalue weighted by Crippen LogP contribution is 2.41. The first-order chi connectivity index (χ1) is 7.53. The number of hydrogen-bond acceptors (Lipinski definition) is 2. The van der Waals surface area contributed by atoms with Crippen molar-refractivity contribution in [1.29, 1.82) is 0 Å². The minimum absolute atomic E-state index is 0.0748. The van der Waals surface area contributed by atoms with Crippen molar-refractivity contribution in [2.24, 2.45) is 5.73 Å². The van der Waals surface area contributed by atoms with Gasteiger partial charge < -0.3 is 10.8 Å². The summed E-state index contributed by atoms with van der Waals surface area (Å²) in [6.45, 7) is 0. The van der Waals surface area contributed by atoms with Crippen molar-refractivity contribution in [2.45, 2.75) is 37.6 Å². The van der Waals surface area contributed by atoms with Gasteiger partial charge in [-0.25, -0.2) is 4.39 Å². The highest BCUT2D eigenvalue weighted by Gasteiger charge is 2.32. The molecule has 0 heterocycles. The van der Waals surface area contributed by atoms with Crippen LogP contribution < -0.4 is 5.73 Å². The Bertz CT molecular complexity index is 402. The monoisotopic (exact) mass is 287 g/mol. The highest BCUT2D eigenvalue weighted by atomic mass is 79.9. The first-order valence-electron chi connectivity index (χ1n) is 5.50. The summed E-state index contributed by atoms with van der Waals surface area (Å²) in [5.41, 5.74) is 6.22. The van der Waals surface area contributed by atoms with Crippen LogP contribution in [0, 0.1) is 5.82 Å². The molecule has 4 heteroatoms. The van der Waals surface area contributed by atoms with Crippen LogP contribution in [-0.2, 0) is 5.54 Å². The number of phenols is 1. The molecule has 1 saturated carbocycles. The van der Waals surface area contributed by atoms with Gasteiger partial charge in [-0.15, -0.1) is 0 Å². The predicted molar refractivity (Wildman–Crippen MR) is 64.7 cm³/mol. The van der Waals surface area contributed by atoms with Crippen LogP contribution in [0.4, 0.5) is 4.39 Å². The smallest absolute Gasteiger partial charge is 0.135 e. The molecule has 0 amide bonds. The zero-order chi connectivity index (χ0) is 11.8. The molecule has 0 spiro atoms. The van der Waals surface area contributed by atoms with Crippen LogP contribution in [0.5, 0.6) is 5.75 Å². The number of nitrogens with two attached hydrogens (primary N) is 1. The van der Waals surface area contributed by atoms with E-state index >= 15 is 0 Å². The maximum atomic E-state index is 13.3. The number of rotatable bonds is 1. The second kappa shape index (κ2) is 4.34. The molecule has 0 atom stereocenters. The number of benzene rings is 1. The Hall–Kier alpha value is -0.610. The van der Waals surface area contributed by atoms with E-state index in [0.717, 1.165) is 32.1 Å². The molecule has 2 rings (SSSR count). The third kappa shape index (κ3) is 2.09. The molecule has 0 aromatic heterocycles.